The Morgan fingerprint density at radius 2 is 2.08 bits per heavy atom. The van der Waals surface area contributed by atoms with Gasteiger partial charge in [-0.3, -0.25) is 0 Å². The molecule has 2 nitrogen and oxygen atoms in total. The SMILES string of the molecule is CC(=O)CCC(N)C1CCCC1. The average molecular weight is 169 g/mol. The van der Waals surface area contributed by atoms with E-state index in [1.807, 2.05) is 0 Å². The van der Waals surface area contributed by atoms with Crippen molar-refractivity contribution >= 4 is 5.78 Å². The molecule has 1 rings (SSSR count). The Bertz CT molecular complexity index is 150. The van der Waals surface area contributed by atoms with Crippen LogP contribution in [-0.2, 0) is 4.79 Å². The number of hydrogen-bond donors (Lipinski definition) is 1. The van der Waals surface area contributed by atoms with E-state index < -0.39 is 0 Å². The number of nitrogens with two attached hydrogens (primary N) is 1. The molecule has 1 aliphatic rings. The molecule has 0 radical (unpaired) electrons. The van der Waals surface area contributed by atoms with Gasteiger partial charge in [0.15, 0.2) is 0 Å². The van der Waals surface area contributed by atoms with Crippen molar-refractivity contribution in [1.82, 2.24) is 0 Å². The van der Waals surface area contributed by atoms with Gasteiger partial charge in [0.1, 0.15) is 5.78 Å². The van der Waals surface area contributed by atoms with Crippen LogP contribution in [0.3, 0.4) is 0 Å². The van der Waals surface area contributed by atoms with Gasteiger partial charge in [-0.25, -0.2) is 0 Å². The zero-order chi connectivity index (χ0) is 8.97. The summed E-state index contributed by atoms with van der Waals surface area (Å²) in [7, 11) is 0. The lowest BCUT2D eigenvalue weighted by Crippen LogP contribution is -2.28. The third-order valence-electron chi connectivity index (χ3n) is 2.84. The van der Waals surface area contributed by atoms with Crippen molar-refractivity contribution in [3.05, 3.63) is 0 Å². The van der Waals surface area contributed by atoms with Crippen molar-refractivity contribution in [3.8, 4) is 0 Å². The maximum Gasteiger partial charge on any atom is 0.129 e. The Labute approximate surface area is 74.5 Å². The van der Waals surface area contributed by atoms with Gasteiger partial charge < -0.3 is 10.5 Å². The highest BCUT2D eigenvalue weighted by atomic mass is 16.1. The molecule has 0 saturated heterocycles. The third-order valence-corrected chi connectivity index (χ3v) is 2.84. The van der Waals surface area contributed by atoms with Crippen molar-refractivity contribution in [2.45, 2.75) is 51.5 Å². The van der Waals surface area contributed by atoms with Gasteiger partial charge in [0.25, 0.3) is 0 Å². The highest BCUT2D eigenvalue weighted by Gasteiger charge is 2.21. The second-order valence-electron chi connectivity index (χ2n) is 3.95. The van der Waals surface area contributed by atoms with Crippen molar-refractivity contribution in [1.29, 1.82) is 0 Å². The minimum absolute atomic E-state index is 0.267. The fourth-order valence-corrected chi connectivity index (χ4v) is 1.99. The molecule has 1 atom stereocenters. The number of carbonyl (C=O) groups excluding carboxylic acids is 1. The molecule has 1 aliphatic carbocycles. The Balaban J connectivity index is 2.17. The predicted molar refractivity (Wildman–Crippen MR) is 49.8 cm³/mol. The van der Waals surface area contributed by atoms with E-state index in [1.165, 1.54) is 25.7 Å². The normalized spacial score (nSPS) is 21.2. The van der Waals surface area contributed by atoms with Crippen molar-refractivity contribution in [3.63, 3.8) is 0 Å². The Hall–Kier alpha value is -0.370. The molecule has 70 valence electrons. The van der Waals surface area contributed by atoms with Crippen LogP contribution in [0.25, 0.3) is 0 Å². The molecule has 0 aromatic carbocycles. The summed E-state index contributed by atoms with van der Waals surface area (Å²) in [4.78, 5) is 10.7. The van der Waals surface area contributed by atoms with Crippen LogP contribution in [0, 0.1) is 5.92 Å². The maximum absolute atomic E-state index is 10.7. The summed E-state index contributed by atoms with van der Waals surface area (Å²) in [5, 5.41) is 0. The molecule has 0 heterocycles. The topological polar surface area (TPSA) is 43.1 Å². The minimum atomic E-state index is 0.267. The van der Waals surface area contributed by atoms with Crippen LogP contribution in [0.5, 0.6) is 0 Å². The van der Waals surface area contributed by atoms with Gasteiger partial charge >= 0.3 is 0 Å². The fourth-order valence-electron chi connectivity index (χ4n) is 1.99. The third kappa shape index (κ3) is 2.94. The van der Waals surface area contributed by atoms with Gasteiger partial charge in [-0.2, -0.15) is 0 Å². The quantitative estimate of drug-likeness (QED) is 0.698. The molecule has 0 aliphatic heterocycles. The summed E-state index contributed by atoms with van der Waals surface area (Å²) in [6.45, 7) is 1.64. The van der Waals surface area contributed by atoms with Crippen LogP contribution >= 0.6 is 0 Å². The lowest BCUT2D eigenvalue weighted by Gasteiger charge is -2.17. The first kappa shape index (κ1) is 9.72. The number of hydrogen-bond acceptors (Lipinski definition) is 2. The second-order valence-corrected chi connectivity index (χ2v) is 3.95. The van der Waals surface area contributed by atoms with Crippen LogP contribution in [0.2, 0.25) is 0 Å². The molecular formula is C10H19NO. The molecule has 0 amide bonds. The summed E-state index contributed by atoms with van der Waals surface area (Å²) in [6.07, 6.45) is 6.77. The zero-order valence-electron chi connectivity index (χ0n) is 7.88. The minimum Gasteiger partial charge on any atom is -0.327 e. The lowest BCUT2D eigenvalue weighted by molar-refractivity contribution is -0.117. The van der Waals surface area contributed by atoms with Gasteiger partial charge in [0, 0.05) is 12.5 Å². The predicted octanol–water partition coefficient (Wildman–Crippen LogP) is 1.87. The monoisotopic (exact) mass is 169 g/mol. The molecule has 0 aromatic rings. The van der Waals surface area contributed by atoms with Crippen LogP contribution in [0.4, 0.5) is 0 Å². The first-order valence-corrected chi connectivity index (χ1v) is 4.95. The van der Waals surface area contributed by atoms with E-state index >= 15 is 0 Å². The first-order chi connectivity index (χ1) is 5.70. The summed E-state index contributed by atoms with van der Waals surface area (Å²) < 4.78 is 0. The number of Topliss-reactive ketones (excluding diaryl/α,β-unsaturated/α-hetero) is 1. The molecule has 1 unspecified atom stereocenters. The summed E-state index contributed by atoms with van der Waals surface area (Å²) in [5.41, 5.74) is 5.98. The molecule has 2 N–H and O–H groups in total. The Kier molecular flexibility index (Phi) is 3.73. The molecule has 0 spiro atoms. The molecule has 1 fully saturated rings. The van der Waals surface area contributed by atoms with Crippen LogP contribution < -0.4 is 5.73 Å². The van der Waals surface area contributed by atoms with E-state index in [0.29, 0.717) is 12.3 Å². The largest absolute Gasteiger partial charge is 0.327 e. The standard InChI is InChI=1S/C10H19NO/c1-8(12)6-7-10(11)9-4-2-3-5-9/h9-10H,2-7,11H2,1H3. The molecule has 0 bridgehead atoms. The molecular weight excluding hydrogens is 150 g/mol. The van der Waals surface area contributed by atoms with Crippen LogP contribution in [0.1, 0.15) is 45.4 Å². The van der Waals surface area contributed by atoms with Crippen molar-refractivity contribution in [2.75, 3.05) is 0 Å². The average Bonchev–Trinajstić information content (AvgIpc) is 2.51. The molecule has 0 aromatic heterocycles. The highest BCUT2D eigenvalue weighted by molar-refractivity contribution is 5.75. The van der Waals surface area contributed by atoms with Gasteiger partial charge in [-0.1, -0.05) is 12.8 Å². The Morgan fingerprint density at radius 1 is 1.50 bits per heavy atom. The second kappa shape index (κ2) is 4.61. The lowest BCUT2D eigenvalue weighted by atomic mass is 9.94. The molecule has 2 heteroatoms. The van der Waals surface area contributed by atoms with Crippen molar-refractivity contribution < 1.29 is 4.79 Å². The zero-order valence-corrected chi connectivity index (χ0v) is 7.88. The van der Waals surface area contributed by atoms with Crippen LogP contribution in [0.15, 0.2) is 0 Å². The molecule has 12 heavy (non-hydrogen) atoms. The van der Waals surface area contributed by atoms with E-state index in [1.54, 1.807) is 6.92 Å². The number of ketones is 1. The summed E-state index contributed by atoms with van der Waals surface area (Å²) in [5.74, 6) is 0.966. The highest BCUT2D eigenvalue weighted by Crippen LogP contribution is 2.28. The Morgan fingerprint density at radius 3 is 2.58 bits per heavy atom. The van der Waals surface area contributed by atoms with Gasteiger partial charge in [0.2, 0.25) is 0 Å². The van der Waals surface area contributed by atoms with Gasteiger partial charge in [-0.05, 0) is 32.1 Å². The van der Waals surface area contributed by atoms with E-state index in [4.69, 9.17) is 5.73 Å². The van der Waals surface area contributed by atoms with E-state index in [-0.39, 0.29) is 11.8 Å². The smallest absolute Gasteiger partial charge is 0.129 e. The van der Waals surface area contributed by atoms with Crippen molar-refractivity contribution in [2.24, 2.45) is 11.7 Å². The first-order valence-electron chi connectivity index (χ1n) is 4.95. The van der Waals surface area contributed by atoms with E-state index in [9.17, 15) is 4.79 Å². The summed E-state index contributed by atoms with van der Waals surface area (Å²) >= 11 is 0. The van der Waals surface area contributed by atoms with E-state index in [0.717, 1.165) is 6.42 Å². The number of carbonyl (C=O) groups is 1. The molecule has 1 saturated carbocycles. The number of rotatable bonds is 4. The van der Waals surface area contributed by atoms with Crippen LogP contribution in [-0.4, -0.2) is 11.8 Å². The fraction of sp³-hybridized carbons (Fsp3) is 0.900. The van der Waals surface area contributed by atoms with E-state index in [2.05, 4.69) is 0 Å². The summed E-state index contributed by atoms with van der Waals surface area (Å²) in [6, 6.07) is 0.274. The maximum atomic E-state index is 10.7. The van der Waals surface area contributed by atoms with Gasteiger partial charge in [-0.15, -0.1) is 0 Å². The van der Waals surface area contributed by atoms with Gasteiger partial charge in [0.05, 0.1) is 0 Å².